The molecule has 18 nitrogen and oxygen atoms in total. The minimum atomic E-state index is -6.52. The molecule has 3 aromatic carbocycles. The highest BCUT2D eigenvalue weighted by molar-refractivity contribution is 14.1. The van der Waals surface area contributed by atoms with E-state index in [2.05, 4.69) is 52.7 Å². The van der Waals surface area contributed by atoms with E-state index < -0.39 is 112 Å². The number of carbonyl (C=O) groups is 3. The van der Waals surface area contributed by atoms with E-state index in [1.54, 1.807) is 22.6 Å². The van der Waals surface area contributed by atoms with Gasteiger partial charge in [0.25, 0.3) is 17.2 Å². The van der Waals surface area contributed by atoms with Gasteiger partial charge < -0.3 is 69.7 Å². The number of nitrogens with two attached hydrogens (primary N) is 1. The smallest absolute Gasteiger partial charge is 0.442 e. The molecule has 1 aliphatic heterocycles. The molecule has 4 rings (SSSR count). The van der Waals surface area contributed by atoms with Crippen LogP contribution >= 0.6 is 69.6 Å². The van der Waals surface area contributed by atoms with Crippen molar-refractivity contribution in [3.8, 4) is 0 Å². The summed E-state index contributed by atoms with van der Waals surface area (Å²) >= 11 is 7.07. The highest BCUT2D eigenvalue weighted by Crippen LogP contribution is 2.56. The Morgan fingerprint density at radius 1 is 0.729 bits per heavy atom. The van der Waals surface area contributed by atoms with E-state index in [4.69, 9.17) is 5.73 Å². The van der Waals surface area contributed by atoms with Gasteiger partial charge in [-0.2, -0.15) is 30.7 Å². The van der Waals surface area contributed by atoms with Crippen molar-refractivity contribution in [2.45, 2.75) is 48.1 Å². The first-order valence-electron chi connectivity index (χ1n) is 14.6. The molecule has 0 unspecified atom stereocenters. The second-order valence-corrected chi connectivity index (χ2v) is 17.8. The SMILES string of the molecule is NC(=O)[C@H](Cc1ccc(C(F)(F)P(=O)([O-])[O-])c(Br)c1)NC(=O)[C@H](Cc1ccc(C(F)(F)P(=O)([O-])[O-])c(Br)c1)NC(=O)c1cc(I)cc(C2(C(F)(F)F)N=N2)c1.[NH4+].[NH4+].[NH4+].[NH4+]. The van der Waals surface area contributed by atoms with Gasteiger partial charge in [0.1, 0.15) is 12.1 Å². The quantitative estimate of drug-likeness (QED) is 0.0649. The van der Waals surface area contributed by atoms with Crippen molar-refractivity contribution in [3.63, 3.8) is 0 Å². The van der Waals surface area contributed by atoms with Crippen LogP contribution < -0.4 is 60.5 Å². The molecule has 59 heavy (non-hydrogen) atoms. The Morgan fingerprint density at radius 3 is 1.51 bits per heavy atom. The van der Waals surface area contributed by atoms with E-state index in [0.717, 1.165) is 42.5 Å². The first kappa shape index (κ1) is 56.0. The fourth-order valence-corrected chi connectivity index (χ4v) is 8.24. The molecule has 1 heterocycles. The zero-order valence-electron chi connectivity index (χ0n) is 30.6. The van der Waals surface area contributed by atoms with Crippen LogP contribution in [0.15, 0.2) is 73.8 Å². The maximum Gasteiger partial charge on any atom is 0.442 e. The van der Waals surface area contributed by atoms with Crippen LogP contribution in [0, 0.1) is 3.57 Å². The number of halogens is 10. The van der Waals surface area contributed by atoms with Crippen LogP contribution in [-0.4, -0.2) is 36.0 Å². The Kier molecular flexibility index (Phi) is 18.8. The van der Waals surface area contributed by atoms with Gasteiger partial charge in [-0.1, -0.05) is 56.1 Å². The van der Waals surface area contributed by atoms with Crippen LogP contribution in [0.5, 0.6) is 0 Å². The molecule has 0 spiro atoms. The highest BCUT2D eigenvalue weighted by atomic mass is 127. The Labute approximate surface area is 359 Å². The van der Waals surface area contributed by atoms with Crippen molar-refractivity contribution in [1.29, 1.82) is 0 Å². The predicted octanol–water partition coefficient (Wildman–Crippen LogP) is 4.98. The highest BCUT2D eigenvalue weighted by Gasteiger charge is 2.65. The van der Waals surface area contributed by atoms with E-state index in [-0.39, 0.29) is 39.3 Å². The van der Waals surface area contributed by atoms with Gasteiger partial charge in [0.05, 0.1) is 0 Å². The van der Waals surface area contributed by atoms with Gasteiger partial charge >= 0.3 is 11.8 Å². The molecule has 30 heteroatoms. The van der Waals surface area contributed by atoms with Gasteiger partial charge in [-0.25, -0.2) is 0 Å². The summed E-state index contributed by atoms with van der Waals surface area (Å²) in [5.41, 5.74) is -10.8. The lowest BCUT2D eigenvalue weighted by atomic mass is 9.99. The van der Waals surface area contributed by atoms with Gasteiger partial charge in [-0.15, -0.1) is 10.2 Å². The maximum absolute atomic E-state index is 14.3. The average Bonchev–Trinajstić information content (AvgIpc) is 3.85. The Bertz CT molecular complexity index is 2200. The summed E-state index contributed by atoms with van der Waals surface area (Å²) in [4.78, 5) is 84.2. The Morgan fingerprint density at radius 2 is 1.15 bits per heavy atom. The van der Waals surface area contributed by atoms with Crippen molar-refractivity contribution in [3.05, 3.63) is 100 Å². The number of alkyl halides is 7. The zero-order valence-corrected chi connectivity index (χ0v) is 37.7. The number of benzene rings is 3. The average molecular weight is 1140 g/mol. The molecule has 0 aliphatic carbocycles. The molecule has 0 bridgehead atoms. The summed E-state index contributed by atoms with van der Waals surface area (Å²) in [6.07, 6.45) is -6.19. The lowest BCUT2D eigenvalue weighted by Gasteiger charge is -2.38. The summed E-state index contributed by atoms with van der Waals surface area (Å²) in [6, 6.07) is 4.10. The molecule has 0 aromatic heterocycles. The van der Waals surface area contributed by atoms with Crippen LogP contribution in [0.2, 0.25) is 0 Å². The molecule has 330 valence electrons. The molecule has 0 radical (unpaired) electrons. The fraction of sp³-hybridized carbons (Fsp3) is 0.276. The van der Waals surface area contributed by atoms with Crippen molar-refractivity contribution >= 4 is 87.4 Å². The molecular weight excluding hydrogens is 1100 g/mol. The first-order valence-corrected chi connectivity index (χ1v) is 20.4. The number of hydrogen-bond donors (Lipinski definition) is 7. The number of rotatable bonds is 14. The third-order valence-corrected chi connectivity index (χ3v) is 11.6. The number of nitrogens with one attached hydrogen (secondary N) is 2. The Hall–Kier alpha value is -2.99. The number of quaternary nitrogens is 4. The summed E-state index contributed by atoms with van der Waals surface area (Å²) in [5, 5.41) is 10.6. The fourth-order valence-electron chi connectivity index (χ4n) is 4.94. The van der Waals surface area contributed by atoms with E-state index in [1.165, 1.54) is 0 Å². The van der Waals surface area contributed by atoms with Crippen molar-refractivity contribution in [1.82, 2.24) is 35.2 Å². The number of carbonyl (C=O) groups excluding carboxylic acids is 3. The van der Waals surface area contributed by atoms with Crippen LogP contribution in [0.3, 0.4) is 0 Å². The summed E-state index contributed by atoms with van der Waals surface area (Å²) < 4.78 is 120. The van der Waals surface area contributed by atoms with Gasteiger partial charge in [0, 0.05) is 62.8 Å². The lowest BCUT2D eigenvalue weighted by Crippen LogP contribution is -2.54. The van der Waals surface area contributed by atoms with E-state index >= 15 is 0 Å². The van der Waals surface area contributed by atoms with Crippen LogP contribution in [0.1, 0.15) is 38.2 Å². The van der Waals surface area contributed by atoms with Crippen molar-refractivity contribution < 1.29 is 73.8 Å². The first-order chi connectivity index (χ1) is 25.0. The van der Waals surface area contributed by atoms with E-state index in [9.17, 15) is 73.8 Å². The van der Waals surface area contributed by atoms with Crippen molar-refractivity contribution in [2.75, 3.05) is 0 Å². The van der Waals surface area contributed by atoms with Gasteiger partial charge in [0.2, 0.25) is 11.8 Å². The third kappa shape index (κ3) is 12.1. The molecule has 0 saturated heterocycles. The van der Waals surface area contributed by atoms with Gasteiger partial charge in [-0.3, -0.25) is 14.4 Å². The van der Waals surface area contributed by atoms with Crippen LogP contribution in [0.4, 0.5) is 30.7 Å². The summed E-state index contributed by atoms with van der Waals surface area (Å²) in [6.45, 7) is 0. The monoisotopic (exact) mass is 1130 g/mol. The minimum Gasteiger partial charge on any atom is -0.806 e. The molecule has 1 aliphatic rings. The normalized spacial score (nSPS) is 14.5. The predicted molar refractivity (Wildman–Crippen MR) is 207 cm³/mol. The van der Waals surface area contributed by atoms with Crippen LogP contribution in [-0.2, 0) is 48.6 Å². The maximum atomic E-state index is 14.3. The Balaban J connectivity index is 0.00000841. The summed E-state index contributed by atoms with van der Waals surface area (Å²) in [5.74, 6) is -3.64. The molecular formula is C29H35Br2F7IN9O9P2. The molecule has 2 atom stereocenters. The number of amides is 3. The molecule has 0 fully saturated rings. The van der Waals surface area contributed by atoms with Gasteiger partial charge in [0.15, 0.2) is 0 Å². The molecule has 3 amide bonds. The van der Waals surface area contributed by atoms with E-state index in [0.29, 0.717) is 12.1 Å². The number of nitrogens with zero attached hydrogens (tertiary/aromatic N) is 2. The minimum absolute atomic E-state index is 0. The third-order valence-electron chi connectivity index (χ3n) is 7.82. The second-order valence-electron chi connectivity index (χ2n) is 11.7. The second kappa shape index (κ2) is 19.8. The standard InChI is InChI=1S/C29H23Br2F7IN5O9P2.4H3N/c30-19-5-12(1-3-17(19)27(32,33)54(48,49)50)7-21(23(40)45)41-25(47)22(8-13-2-4-18(20(31)6-13)28(34,35)55(51,52)53)42-24(46)14-9-15(11-16(39)10-14)26(43-44-26)29(36,37)38;;;;/h1-6,9-11,21-22H,7-8H2,(H2,40,45)(H,41,47)(H,42,46)(H2,48,49,50)(H2,51,52,53);4*1H3/t21-,22-;;;;/m0..../s1. The molecule has 0 saturated carbocycles. The largest absolute Gasteiger partial charge is 0.806 e. The number of primary amides is 1. The molecule has 20 N–H and O–H groups in total. The van der Waals surface area contributed by atoms with Gasteiger partial charge in [-0.05, 0) is 64.0 Å². The van der Waals surface area contributed by atoms with Crippen molar-refractivity contribution in [2.24, 2.45) is 16.0 Å². The molecule has 3 aromatic rings. The van der Waals surface area contributed by atoms with E-state index in [1.807, 2.05) is 0 Å². The van der Waals surface area contributed by atoms with Crippen LogP contribution in [0.25, 0.3) is 0 Å². The summed E-state index contributed by atoms with van der Waals surface area (Å²) in [7, 11) is -13.0. The number of hydrogen-bond acceptors (Lipinski definition) is 11. The lowest BCUT2D eigenvalue weighted by molar-refractivity contribution is -0.336. The zero-order chi connectivity index (χ0) is 41.7. The topological polar surface area (TPSA) is 398 Å².